The Hall–Kier alpha value is -2.93. The van der Waals surface area contributed by atoms with Gasteiger partial charge < -0.3 is 14.6 Å². The Morgan fingerprint density at radius 1 is 1.26 bits per heavy atom. The van der Waals surface area contributed by atoms with Crippen molar-refractivity contribution in [2.24, 2.45) is 0 Å². The van der Waals surface area contributed by atoms with Gasteiger partial charge in [0.1, 0.15) is 0 Å². The van der Waals surface area contributed by atoms with Crippen molar-refractivity contribution in [1.29, 1.82) is 0 Å². The molecule has 0 radical (unpaired) electrons. The van der Waals surface area contributed by atoms with Crippen molar-refractivity contribution in [3.8, 4) is 0 Å². The van der Waals surface area contributed by atoms with Crippen LogP contribution in [0.25, 0.3) is 11.2 Å². The van der Waals surface area contributed by atoms with Crippen LogP contribution in [0.2, 0.25) is 0 Å². The van der Waals surface area contributed by atoms with Crippen LogP contribution in [0.1, 0.15) is 25.5 Å². The van der Waals surface area contributed by atoms with Crippen LogP contribution < -0.4 is 5.32 Å². The second-order valence-electron chi connectivity index (χ2n) is 6.70. The number of hydrogen-bond acceptors (Lipinski definition) is 5. The van der Waals surface area contributed by atoms with Gasteiger partial charge in [-0.1, -0.05) is 12.2 Å². The number of nitrogens with zero attached hydrogens (tertiary/aromatic N) is 5. The highest BCUT2D eigenvalue weighted by atomic mass is 16.5. The molecule has 140 valence electrons. The minimum atomic E-state index is 0.169. The molecule has 1 unspecified atom stereocenters. The minimum Gasteiger partial charge on any atom is -0.377 e. The summed E-state index contributed by atoms with van der Waals surface area (Å²) in [6, 6.07) is 0. The zero-order chi connectivity index (χ0) is 18.6. The third kappa shape index (κ3) is 3.64. The molecule has 3 aromatic rings. The van der Waals surface area contributed by atoms with Crippen molar-refractivity contribution in [3.63, 3.8) is 0 Å². The van der Waals surface area contributed by atoms with Gasteiger partial charge in [-0.2, -0.15) is 0 Å². The molecule has 1 atom stereocenters. The first-order chi connectivity index (χ1) is 13.3. The Kier molecular flexibility index (Phi) is 5.02. The summed E-state index contributed by atoms with van der Waals surface area (Å²) in [5, 5.41) is 3.41. The Morgan fingerprint density at radius 2 is 2.19 bits per heavy atom. The average molecular weight is 364 g/mol. The van der Waals surface area contributed by atoms with Crippen molar-refractivity contribution in [1.82, 2.24) is 23.9 Å². The summed E-state index contributed by atoms with van der Waals surface area (Å²) >= 11 is 0. The molecule has 0 aromatic carbocycles. The standard InChI is InChI=1S/C20H24N6O/c1-15-12-16(4-5-18(15)27-2)17-13-24-20-19(23-8-11-26(17)20)22-6-3-9-25-10-7-21-14-25/h4,7-8,10-14,18H,3,5-6,9H2,1-2H3,(H,22,23). The van der Waals surface area contributed by atoms with Crippen molar-refractivity contribution in [3.05, 3.63) is 60.7 Å². The molecule has 3 heterocycles. The van der Waals surface area contributed by atoms with Gasteiger partial charge in [0, 0.05) is 45.0 Å². The third-order valence-electron chi connectivity index (χ3n) is 4.90. The van der Waals surface area contributed by atoms with Crippen LogP contribution in [0.4, 0.5) is 5.82 Å². The Bertz CT molecular complexity index is 970. The SMILES string of the molecule is COC1CC=C(c2cnc3c(NCCCn4ccnc4)nccn23)C=C1C. The van der Waals surface area contributed by atoms with E-state index in [-0.39, 0.29) is 6.10 Å². The number of fused-ring (bicyclic) bond motifs is 1. The Morgan fingerprint density at radius 3 is 2.96 bits per heavy atom. The van der Waals surface area contributed by atoms with Gasteiger partial charge in [0.05, 0.1) is 24.3 Å². The molecule has 0 aliphatic heterocycles. The van der Waals surface area contributed by atoms with Crippen LogP contribution in [0.5, 0.6) is 0 Å². The van der Waals surface area contributed by atoms with Gasteiger partial charge >= 0.3 is 0 Å². The molecule has 1 aliphatic rings. The van der Waals surface area contributed by atoms with Crippen LogP contribution in [-0.4, -0.2) is 43.7 Å². The molecule has 4 rings (SSSR count). The Labute approximate surface area is 158 Å². The number of allylic oxidation sites excluding steroid dienone is 2. The number of anilines is 1. The van der Waals surface area contributed by atoms with Crippen molar-refractivity contribution in [2.75, 3.05) is 19.0 Å². The number of nitrogens with one attached hydrogen (secondary N) is 1. The maximum Gasteiger partial charge on any atom is 0.180 e. The molecule has 0 amide bonds. The molecule has 3 aromatic heterocycles. The molecule has 1 aliphatic carbocycles. The molecule has 1 N–H and O–H groups in total. The van der Waals surface area contributed by atoms with Crippen LogP contribution in [0, 0.1) is 0 Å². The molecule has 0 saturated heterocycles. The van der Waals surface area contributed by atoms with E-state index in [1.54, 1.807) is 13.3 Å². The number of aryl methyl sites for hydroxylation is 1. The van der Waals surface area contributed by atoms with E-state index in [0.717, 1.165) is 43.1 Å². The van der Waals surface area contributed by atoms with Crippen molar-refractivity contribution in [2.45, 2.75) is 32.4 Å². The fourth-order valence-electron chi connectivity index (χ4n) is 3.42. The summed E-state index contributed by atoms with van der Waals surface area (Å²) in [6.07, 6.45) is 17.7. The van der Waals surface area contributed by atoms with Crippen LogP contribution in [-0.2, 0) is 11.3 Å². The monoisotopic (exact) mass is 364 g/mol. The highest BCUT2D eigenvalue weighted by Gasteiger charge is 2.17. The lowest BCUT2D eigenvalue weighted by molar-refractivity contribution is 0.133. The summed E-state index contributed by atoms with van der Waals surface area (Å²) in [7, 11) is 1.76. The smallest absolute Gasteiger partial charge is 0.180 e. The highest BCUT2D eigenvalue weighted by Crippen LogP contribution is 2.28. The molecular formula is C20H24N6O. The number of aromatic nitrogens is 5. The molecule has 0 spiro atoms. The number of imidazole rings is 2. The summed E-state index contributed by atoms with van der Waals surface area (Å²) < 4.78 is 9.66. The van der Waals surface area contributed by atoms with Gasteiger partial charge in [0.15, 0.2) is 11.5 Å². The van der Waals surface area contributed by atoms with E-state index >= 15 is 0 Å². The van der Waals surface area contributed by atoms with Gasteiger partial charge in [-0.05, 0) is 30.9 Å². The van der Waals surface area contributed by atoms with Gasteiger partial charge in [0.25, 0.3) is 0 Å². The lowest BCUT2D eigenvalue weighted by atomic mass is 9.96. The van der Waals surface area contributed by atoms with Crippen molar-refractivity contribution >= 4 is 17.0 Å². The van der Waals surface area contributed by atoms with Gasteiger partial charge in [-0.25, -0.2) is 15.0 Å². The number of methoxy groups -OCH3 is 1. The van der Waals surface area contributed by atoms with E-state index in [1.807, 2.05) is 31.1 Å². The van der Waals surface area contributed by atoms with Crippen LogP contribution in [0.15, 0.2) is 55.0 Å². The zero-order valence-electron chi connectivity index (χ0n) is 15.7. The highest BCUT2D eigenvalue weighted by molar-refractivity contribution is 5.77. The van der Waals surface area contributed by atoms with E-state index in [0.29, 0.717) is 0 Å². The molecule has 0 bridgehead atoms. The van der Waals surface area contributed by atoms with Crippen LogP contribution in [0.3, 0.4) is 0 Å². The van der Waals surface area contributed by atoms with E-state index in [4.69, 9.17) is 4.74 Å². The molecule has 0 fully saturated rings. The van der Waals surface area contributed by atoms with Gasteiger partial charge in [-0.15, -0.1) is 0 Å². The van der Waals surface area contributed by atoms with Gasteiger partial charge in [0.2, 0.25) is 0 Å². The van der Waals surface area contributed by atoms with E-state index < -0.39 is 0 Å². The van der Waals surface area contributed by atoms with Crippen LogP contribution >= 0.6 is 0 Å². The van der Waals surface area contributed by atoms with E-state index in [1.165, 1.54) is 11.1 Å². The first-order valence-electron chi connectivity index (χ1n) is 9.19. The predicted molar refractivity (Wildman–Crippen MR) is 105 cm³/mol. The fourth-order valence-corrected chi connectivity index (χ4v) is 3.42. The summed E-state index contributed by atoms with van der Waals surface area (Å²) in [5.74, 6) is 0.807. The summed E-state index contributed by atoms with van der Waals surface area (Å²) in [4.78, 5) is 13.1. The molecule has 27 heavy (non-hydrogen) atoms. The normalized spacial score (nSPS) is 17.0. The number of rotatable bonds is 7. The zero-order valence-corrected chi connectivity index (χ0v) is 15.7. The number of ether oxygens (including phenoxy) is 1. The average Bonchev–Trinajstić information content (AvgIpc) is 3.35. The second-order valence-corrected chi connectivity index (χ2v) is 6.70. The molecule has 7 nitrogen and oxygen atoms in total. The first kappa shape index (κ1) is 17.5. The Balaban J connectivity index is 1.49. The summed E-state index contributed by atoms with van der Waals surface area (Å²) in [6.45, 7) is 3.86. The lowest BCUT2D eigenvalue weighted by Gasteiger charge is -2.20. The van der Waals surface area contributed by atoms with Crippen molar-refractivity contribution < 1.29 is 4.74 Å². The maximum absolute atomic E-state index is 5.50. The summed E-state index contributed by atoms with van der Waals surface area (Å²) in [5.41, 5.74) is 4.32. The topological polar surface area (TPSA) is 69.3 Å². The third-order valence-corrected chi connectivity index (χ3v) is 4.90. The predicted octanol–water partition coefficient (Wildman–Crippen LogP) is 3.18. The first-order valence-corrected chi connectivity index (χ1v) is 9.19. The second kappa shape index (κ2) is 7.75. The maximum atomic E-state index is 5.50. The van der Waals surface area contributed by atoms with E-state index in [9.17, 15) is 0 Å². The molecular weight excluding hydrogens is 340 g/mol. The number of hydrogen-bond donors (Lipinski definition) is 1. The fraction of sp³-hybridized carbons (Fsp3) is 0.350. The van der Waals surface area contributed by atoms with E-state index in [2.05, 4.69) is 48.3 Å². The largest absolute Gasteiger partial charge is 0.377 e. The molecule has 0 saturated carbocycles. The quantitative estimate of drug-likeness (QED) is 0.652. The minimum absolute atomic E-state index is 0.169. The van der Waals surface area contributed by atoms with Gasteiger partial charge in [-0.3, -0.25) is 4.40 Å². The lowest BCUT2D eigenvalue weighted by Crippen LogP contribution is -2.14. The molecule has 7 heteroatoms.